The third kappa shape index (κ3) is 6.71. The smallest absolute Gasteiger partial charge is 0.409 e. The van der Waals surface area contributed by atoms with Crippen molar-refractivity contribution in [1.29, 1.82) is 0 Å². The van der Waals surface area contributed by atoms with Crippen LogP contribution in [0.1, 0.15) is 49.2 Å². The second-order valence-electron chi connectivity index (χ2n) is 9.99. The minimum atomic E-state index is -3.38. The number of aryl methyl sites for hydroxylation is 1. The van der Waals surface area contributed by atoms with Crippen LogP contribution in [0, 0.1) is 0 Å². The molecule has 0 saturated carbocycles. The Morgan fingerprint density at radius 2 is 1.66 bits per heavy atom. The van der Waals surface area contributed by atoms with E-state index in [1.165, 1.54) is 28.8 Å². The second-order valence-corrected chi connectivity index (χ2v) is 12.8. The fraction of sp³-hybridized carbons (Fsp3) is 0.321. The third-order valence-corrected chi connectivity index (χ3v) is 8.12. The van der Waals surface area contributed by atoms with Crippen molar-refractivity contribution in [3.8, 4) is 16.9 Å². The van der Waals surface area contributed by atoms with E-state index in [1.54, 1.807) is 56.4 Å². The summed E-state index contributed by atoms with van der Waals surface area (Å²) in [6.45, 7) is 7.06. The molecular weight excluding hydrogens is 528 g/mol. The van der Waals surface area contributed by atoms with Crippen LogP contribution in [0.2, 0.25) is 5.02 Å². The molecule has 0 aliphatic heterocycles. The Balaban J connectivity index is 2.25. The molecule has 1 amide bonds. The van der Waals surface area contributed by atoms with E-state index >= 15 is 0 Å². The lowest BCUT2D eigenvalue weighted by molar-refractivity contribution is 0.103. The Morgan fingerprint density at radius 1 is 1.03 bits per heavy atom. The minimum Gasteiger partial charge on any atom is -0.409 e. The van der Waals surface area contributed by atoms with Crippen LogP contribution in [0.5, 0.6) is 5.75 Å². The molecule has 0 aliphatic rings. The zero-order chi connectivity index (χ0) is 28.4. The van der Waals surface area contributed by atoms with Gasteiger partial charge in [0.25, 0.3) is 5.56 Å². The molecule has 0 radical (unpaired) electrons. The highest BCUT2D eigenvalue weighted by Crippen LogP contribution is 2.34. The molecule has 1 aromatic heterocycles. The molecule has 0 saturated heterocycles. The van der Waals surface area contributed by atoms with Gasteiger partial charge in [0.15, 0.2) is 15.6 Å². The van der Waals surface area contributed by atoms with Gasteiger partial charge in [-0.15, -0.1) is 0 Å². The van der Waals surface area contributed by atoms with Crippen LogP contribution in [-0.4, -0.2) is 48.1 Å². The number of halogens is 1. The standard InChI is InChI=1S/C28H31ClN2O6S/c1-7-38(35,36)17-18-8-13-21(26(33)19-9-11-20(29)12-10-19)22(14-18)23-16-30(5)25(32)15-24(23)37-27(34)31(6)28(2,3)4/h8-16H,7,17H2,1-6H3. The van der Waals surface area contributed by atoms with Crippen LogP contribution in [0.15, 0.2) is 59.5 Å². The Labute approximate surface area is 227 Å². The normalized spacial score (nSPS) is 11.8. The van der Waals surface area contributed by atoms with E-state index < -0.39 is 27.0 Å². The second kappa shape index (κ2) is 11.1. The lowest BCUT2D eigenvalue weighted by atomic mass is 9.92. The summed E-state index contributed by atoms with van der Waals surface area (Å²) >= 11 is 5.99. The molecule has 1 heterocycles. The van der Waals surface area contributed by atoms with Gasteiger partial charge in [-0.1, -0.05) is 30.7 Å². The Kier molecular flexibility index (Phi) is 8.53. The van der Waals surface area contributed by atoms with Crippen molar-refractivity contribution in [2.75, 3.05) is 12.8 Å². The molecule has 0 bridgehead atoms. The Morgan fingerprint density at radius 3 is 2.24 bits per heavy atom. The van der Waals surface area contributed by atoms with Gasteiger partial charge < -0.3 is 14.2 Å². The first-order chi connectivity index (χ1) is 17.6. The monoisotopic (exact) mass is 558 g/mol. The SMILES string of the molecule is CCS(=O)(=O)Cc1ccc(C(=O)c2ccc(Cl)cc2)c(-c2cn(C)c(=O)cc2OC(=O)N(C)C(C)(C)C)c1. The fourth-order valence-corrected chi connectivity index (χ4v) is 4.57. The number of rotatable bonds is 7. The first kappa shape index (κ1) is 29.1. The highest BCUT2D eigenvalue weighted by atomic mass is 35.5. The summed E-state index contributed by atoms with van der Waals surface area (Å²) in [5.41, 5.74) is 0.686. The van der Waals surface area contributed by atoms with Gasteiger partial charge in [0.1, 0.15) is 5.75 Å². The molecular formula is C28H31ClN2O6S. The summed E-state index contributed by atoms with van der Waals surface area (Å²) in [5, 5.41) is 0.470. The molecule has 0 fully saturated rings. The van der Waals surface area contributed by atoms with Gasteiger partial charge in [-0.2, -0.15) is 0 Å². The quantitative estimate of drug-likeness (QED) is 0.374. The first-order valence-corrected chi connectivity index (χ1v) is 14.1. The minimum absolute atomic E-state index is 0.0460. The van der Waals surface area contributed by atoms with Gasteiger partial charge >= 0.3 is 6.09 Å². The van der Waals surface area contributed by atoms with E-state index in [2.05, 4.69) is 0 Å². The summed E-state index contributed by atoms with van der Waals surface area (Å²) in [6, 6.07) is 12.3. The van der Waals surface area contributed by atoms with E-state index in [9.17, 15) is 22.8 Å². The lowest BCUT2D eigenvalue weighted by Gasteiger charge is -2.31. The largest absolute Gasteiger partial charge is 0.415 e. The Hall–Kier alpha value is -3.43. The van der Waals surface area contributed by atoms with Gasteiger partial charge in [0.2, 0.25) is 0 Å². The number of hydrogen-bond acceptors (Lipinski definition) is 6. The number of aromatic nitrogens is 1. The van der Waals surface area contributed by atoms with Gasteiger partial charge in [-0.3, -0.25) is 9.59 Å². The number of carbonyl (C=O) groups excluding carboxylic acids is 2. The highest BCUT2D eigenvalue weighted by Gasteiger charge is 2.27. The summed E-state index contributed by atoms with van der Waals surface area (Å²) in [5.74, 6) is -0.677. The zero-order valence-electron chi connectivity index (χ0n) is 22.2. The number of pyridine rings is 1. The van der Waals surface area contributed by atoms with E-state index in [1.807, 2.05) is 20.8 Å². The van der Waals surface area contributed by atoms with Crippen LogP contribution in [0.25, 0.3) is 11.1 Å². The maximum absolute atomic E-state index is 13.6. The van der Waals surface area contributed by atoms with Crippen molar-refractivity contribution in [3.63, 3.8) is 0 Å². The van der Waals surface area contributed by atoms with Crippen LogP contribution in [-0.2, 0) is 22.6 Å². The number of ether oxygens (including phenoxy) is 1. The highest BCUT2D eigenvalue weighted by molar-refractivity contribution is 7.90. The molecule has 0 N–H and O–H groups in total. The topological polar surface area (TPSA) is 103 Å². The summed E-state index contributed by atoms with van der Waals surface area (Å²) < 4.78 is 31.7. The van der Waals surface area contributed by atoms with Crippen LogP contribution in [0.3, 0.4) is 0 Å². The van der Waals surface area contributed by atoms with Gasteiger partial charge in [-0.05, 0) is 62.2 Å². The molecule has 10 heteroatoms. The molecule has 38 heavy (non-hydrogen) atoms. The van der Waals surface area contributed by atoms with E-state index in [4.69, 9.17) is 16.3 Å². The predicted octanol–water partition coefficient (Wildman–Crippen LogP) is 5.10. The molecule has 0 aliphatic carbocycles. The number of nitrogens with zero attached hydrogens (tertiary/aromatic N) is 2. The molecule has 0 unspecified atom stereocenters. The maximum atomic E-state index is 13.6. The van der Waals surface area contributed by atoms with Crippen molar-refractivity contribution >= 4 is 33.3 Å². The maximum Gasteiger partial charge on any atom is 0.415 e. The zero-order valence-corrected chi connectivity index (χ0v) is 23.8. The van der Waals surface area contributed by atoms with Crippen LogP contribution >= 0.6 is 11.6 Å². The number of sulfone groups is 1. The molecule has 8 nitrogen and oxygen atoms in total. The van der Waals surface area contributed by atoms with E-state index in [0.717, 1.165) is 0 Å². The van der Waals surface area contributed by atoms with Crippen molar-refractivity contribution < 1.29 is 22.7 Å². The van der Waals surface area contributed by atoms with Gasteiger partial charge in [-0.25, -0.2) is 13.2 Å². The van der Waals surface area contributed by atoms with Crippen LogP contribution < -0.4 is 10.3 Å². The van der Waals surface area contributed by atoms with Gasteiger partial charge in [0.05, 0.1) is 5.75 Å². The molecule has 3 aromatic rings. The van der Waals surface area contributed by atoms with Crippen LogP contribution in [0.4, 0.5) is 4.79 Å². The molecule has 3 rings (SSSR count). The average Bonchev–Trinajstić information content (AvgIpc) is 2.84. The summed E-state index contributed by atoms with van der Waals surface area (Å²) in [4.78, 5) is 40.4. The molecule has 2 aromatic carbocycles. The van der Waals surface area contributed by atoms with Gasteiger partial charge in [0, 0.05) is 59.4 Å². The Bertz CT molecular complexity index is 1540. The number of benzene rings is 2. The number of ketones is 1. The number of hydrogen-bond donors (Lipinski definition) is 0. The molecule has 0 atom stereocenters. The molecule has 0 spiro atoms. The van der Waals surface area contributed by atoms with Crippen molar-refractivity contribution in [3.05, 3.63) is 86.8 Å². The molecule has 202 valence electrons. The summed E-state index contributed by atoms with van der Waals surface area (Å²) in [7, 11) is -0.269. The number of amides is 1. The fourth-order valence-electron chi connectivity index (χ4n) is 3.55. The lowest BCUT2D eigenvalue weighted by Crippen LogP contribution is -2.44. The van der Waals surface area contributed by atoms with Crippen molar-refractivity contribution in [2.24, 2.45) is 7.05 Å². The van der Waals surface area contributed by atoms with E-state index in [-0.39, 0.29) is 34.2 Å². The predicted molar refractivity (Wildman–Crippen MR) is 149 cm³/mol. The summed E-state index contributed by atoms with van der Waals surface area (Å²) in [6.07, 6.45) is 0.774. The van der Waals surface area contributed by atoms with Crippen molar-refractivity contribution in [2.45, 2.75) is 39.0 Å². The average molecular weight is 559 g/mol. The van der Waals surface area contributed by atoms with Crippen molar-refractivity contribution in [1.82, 2.24) is 9.47 Å². The third-order valence-electron chi connectivity index (χ3n) is 6.22. The number of carbonyl (C=O) groups is 2. The first-order valence-electron chi connectivity index (χ1n) is 11.9. The van der Waals surface area contributed by atoms with E-state index in [0.29, 0.717) is 21.7 Å².